The van der Waals surface area contributed by atoms with E-state index >= 15 is 0 Å². The van der Waals surface area contributed by atoms with Crippen molar-refractivity contribution in [1.29, 1.82) is 0 Å². The highest BCUT2D eigenvalue weighted by Crippen LogP contribution is 1.99. The lowest BCUT2D eigenvalue weighted by atomic mass is 10.2. The van der Waals surface area contributed by atoms with Crippen molar-refractivity contribution >= 4 is 6.29 Å². The molecule has 0 atom stereocenters. The number of hydrogen-bond donors (Lipinski definition) is 0. The molecule has 0 spiro atoms. The predicted octanol–water partition coefficient (Wildman–Crippen LogP) is 2.49. The van der Waals surface area contributed by atoms with Gasteiger partial charge >= 0.3 is 0 Å². The Morgan fingerprint density at radius 2 is 1.86 bits per heavy atom. The van der Waals surface area contributed by atoms with Crippen LogP contribution in [0.2, 0.25) is 0 Å². The lowest BCUT2D eigenvalue weighted by Crippen LogP contribution is -1.85. The largest absolute Gasteiger partial charge is 0.388 e. The molecular weight excluding hydrogens is 178 g/mol. The first kappa shape index (κ1) is 15.3. The van der Waals surface area contributed by atoms with E-state index in [1.807, 2.05) is 20.8 Å². The molecule has 80 valence electrons. The van der Waals surface area contributed by atoms with Crippen LogP contribution in [0.4, 0.5) is 0 Å². The molecule has 1 rings (SSSR count). The van der Waals surface area contributed by atoms with Gasteiger partial charge in [0.15, 0.2) is 0 Å². The SMILES string of the molecule is CC.COC.Cc1cnccc1C=O. The van der Waals surface area contributed by atoms with Gasteiger partial charge in [0.05, 0.1) is 0 Å². The normalized spacial score (nSPS) is 7.50. The molecule has 0 saturated heterocycles. The van der Waals surface area contributed by atoms with Crippen LogP contribution in [0.15, 0.2) is 18.5 Å². The average molecular weight is 197 g/mol. The first-order chi connectivity index (χ1) is 6.76. The third kappa shape index (κ3) is 7.43. The third-order valence-electron chi connectivity index (χ3n) is 1.19. The zero-order chi connectivity index (χ0) is 11.4. The fourth-order valence-corrected chi connectivity index (χ4v) is 0.616. The van der Waals surface area contributed by atoms with Crippen LogP contribution >= 0.6 is 0 Å². The highest BCUT2D eigenvalue weighted by atomic mass is 16.4. The maximum absolute atomic E-state index is 10.2. The maximum atomic E-state index is 10.2. The molecule has 0 aliphatic carbocycles. The van der Waals surface area contributed by atoms with Crippen molar-refractivity contribution in [2.24, 2.45) is 0 Å². The van der Waals surface area contributed by atoms with Crippen LogP contribution in [-0.4, -0.2) is 25.5 Å². The summed E-state index contributed by atoms with van der Waals surface area (Å²) in [6.45, 7) is 5.86. The smallest absolute Gasteiger partial charge is 0.150 e. The number of carbonyl (C=O) groups is 1. The van der Waals surface area contributed by atoms with Gasteiger partial charge in [-0.15, -0.1) is 0 Å². The minimum atomic E-state index is 0.713. The summed E-state index contributed by atoms with van der Waals surface area (Å²) in [4.78, 5) is 14.0. The van der Waals surface area contributed by atoms with Crippen LogP contribution < -0.4 is 0 Å². The highest BCUT2D eigenvalue weighted by Gasteiger charge is 1.91. The quantitative estimate of drug-likeness (QED) is 0.649. The Bertz CT molecular complexity index is 236. The number of nitrogens with zero attached hydrogens (tertiary/aromatic N) is 1. The van der Waals surface area contributed by atoms with E-state index in [0.717, 1.165) is 11.8 Å². The van der Waals surface area contributed by atoms with Gasteiger partial charge < -0.3 is 4.74 Å². The van der Waals surface area contributed by atoms with E-state index in [2.05, 4.69) is 9.72 Å². The van der Waals surface area contributed by atoms with E-state index in [-0.39, 0.29) is 0 Å². The summed E-state index contributed by atoms with van der Waals surface area (Å²) in [6.07, 6.45) is 4.11. The van der Waals surface area contributed by atoms with Crippen LogP contribution in [-0.2, 0) is 4.74 Å². The van der Waals surface area contributed by atoms with Crippen LogP contribution in [0.25, 0.3) is 0 Å². The Balaban J connectivity index is 0. The molecule has 0 bridgehead atoms. The number of aromatic nitrogens is 1. The molecule has 0 amide bonds. The van der Waals surface area contributed by atoms with Gasteiger partial charge in [0.2, 0.25) is 0 Å². The number of aryl methyl sites for hydroxylation is 1. The average Bonchev–Trinajstić information content (AvgIpc) is 2.23. The molecule has 1 aromatic rings. The number of ether oxygens (including phenoxy) is 1. The predicted molar refractivity (Wildman–Crippen MR) is 58.6 cm³/mol. The van der Waals surface area contributed by atoms with E-state index in [9.17, 15) is 4.79 Å². The molecule has 0 fully saturated rings. The monoisotopic (exact) mass is 197 g/mol. The van der Waals surface area contributed by atoms with Gasteiger partial charge in [-0.2, -0.15) is 0 Å². The van der Waals surface area contributed by atoms with Gasteiger partial charge in [-0.25, -0.2) is 0 Å². The van der Waals surface area contributed by atoms with Crippen molar-refractivity contribution in [1.82, 2.24) is 4.98 Å². The van der Waals surface area contributed by atoms with E-state index < -0.39 is 0 Å². The van der Waals surface area contributed by atoms with Crippen molar-refractivity contribution in [3.8, 4) is 0 Å². The number of aldehydes is 1. The van der Waals surface area contributed by atoms with E-state index in [1.54, 1.807) is 32.7 Å². The number of pyridine rings is 1. The summed E-state index contributed by atoms with van der Waals surface area (Å²) in [5.41, 5.74) is 1.64. The van der Waals surface area contributed by atoms with Gasteiger partial charge in [0.25, 0.3) is 0 Å². The molecule has 14 heavy (non-hydrogen) atoms. The lowest BCUT2D eigenvalue weighted by molar-refractivity contribution is 0.112. The van der Waals surface area contributed by atoms with Crippen LogP contribution in [0, 0.1) is 6.92 Å². The molecule has 0 saturated carbocycles. The van der Waals surface area contributed by atoms with Crippen molar-refractivity contribution < 1.29 is 9.53 Å². The summed E-state index contributed by atoms with van der Waals surface area (Å²) in [5.74, 6) is 0. The zero-order valence-corrected chi connectivity index (χ0v) is 9.57. The van der Waals surface area contributed by atoms with Crippen molar-refractivity contribution in [2.45, 2.75) is 20.8 Å². The molecule has 3 nitrogen and oxygen atoms in total. The first-order valence-electron chi connectivity index (χ1n) is 4.52. The fourth-order valence-electron chi connectivity index (χ4n) is 0.616. The Morgan fingerprint density at radius 3 is 2.14 bits per heavy atom. The zero-order valence-electron chi connectivity index (χ0n) is 9.57. The molecule has 0 aromatic carbocycles. The Morgan fingerprint density at radius 1 is 1.36 bits per heavy atom. The molecule has 1 heterocycles. The van der Waals surface area contributed by atoms with E-state index in [4.69, 9.17) is 0 Å². The van der Waals surface area contributed by atoms with Crippen molar-refractivity contribution in [3.05, 3.63) is 29.6 Å². The van der Waals surface area contributed by atoms with E-state index in [1.165, 1.54) is 0 Å². The third-order valence-corrected chi connectivity index (χ3v) is 1.19. The minimum absolute atomic E-state index is 0.713. The van der Waals surface area contributed by atoms with Crippen LogP contribution in [0.3, 0.4) is 0 Å². The summed E-state index contributed by atoms with van der Waals surface area (Å²) >= 11 is 0. The molecule has 0 aliphatic heterocycles. The molecule has 0 aliphatic rings. The first-order valence-corrected chi connectivity index (χ1v) is 4.52. The number of hydrogen-bond acceptors (Lipinski definition) is 3. The van der Waals surface area contributed by atoms with Crippen LogP contribution in [0.5, 0.6) is 0 Å². The van der Waals surface area contributed by atoms with Gasteiger partial charge in [0.1, 0.15) is 6.29 Å². The number of methoxy groups -OCH3 is 1. The molecular formula is C11H19NO2. The Hall–Kier alpha value is -1.22. The summed E-state index contributed by atoms with van der Waals surface area (Å²) in [6, 6.07) is 1.70. The standard InChI is InChI=1S/C7H7NO.C2H6O.C2H6/c1-6-4-8-3-2-7(6)5-9;1-3-2;1-2/h2-5H,1H3;1-2H3;1-2H3. The number of carbonyl (C=O) groups excluding carboxylic acids is 1. The second kappa shape index (κ2) is 11.8. The second-order valence-corrected chi connectivity index (χ2v) is 2.26. The van der Waals surface area contributed by atoms with Gasteiger partial charge in [0, 0.05) is 32.2 Å². The summed E-state index contributed by atoms with van der Waals surface area (Å²) in [7, 11) is 3.25. The van der Waals surface area contributed by atoms with Gasteiger partial charge in [-0.05, 0) is 18.6 Å². The number of rotatable bonds is 1. The Kier molecular flexibility index (Phi) is 12.8. The van der Waals surface area contributed by atoms with Gasteiger partial charge in [-0.3, -0.25) is 9.78 Å². The molecule has 0 N–H and O–H groups in total. The molecule has 3 heteroatoms. The second-order valence-electron chi connectivity index (χ2n) is 2.26. The van der Waals surface area contributed by atoms with Crippen molar-refractivity contribution in [3.63, 3.8) is 0 Å². The molecule has 0 unspecified atom stereocenters. The fraction of sp³-hybridized carbons (Fsp3) is 0.455. The lowest BCUT2D eigenvalue weighted by Gasteiger charge is -1.91. The maximum Gasteiger partial charge on any atom is 0.150 e. The minimum Gasteiger partial charge on any atom is -0.388 e. The van der Waals surface area contributed by atoms with Crippen molar-refractivity contribution in [2.75, 3.05) is 14.2 Å². The van der Waals surface area contributed by atoms with Crippen LogP contribution in [0.1, 0.15) is 29.8 Å². The Labute approximate surface area is 86.1 Å². The summed E-state index contributed by atoms with van der Waals surface area (Å²) in [5, 5.41) is 0. The molecule has 1 aromatic heterocycles. The highest BCUT2D eigenvalue weighted by molar-refractivity contribution is 5.76. The summed E-state index contributed by atoms with van der Waals surface area (Å²) < 4.78 is 4.25. The van der Waals surface area contributed by atoms with E-state index in [0.29, 0.717) is 5.56 Å². The topological polar surface area (TPSA) is 39.2 Å². The molecule has 0 radical (unpaired) electrons. The van der Waals surface area contributed by atoms with Gasteiger partial charge in [-0.1, -0.05) is 13.8 Å².